The number of aromatic nitrogens is 1. The van der Waals surface area contributed by atoms with Gasteiger partial charge < -0.3 is 10.2 Å². The number of fused-ring (bicyclic) bond motifs is 1. The van der Waals surface area contributed by atoms with E-state index in [2.05, 4.69) is 10.2 Å². The van der Waals surface area contributed by atoms with E-state index < -0.39 is 0 Å². The van der Waals surface area contributed by atoms with Gasteiger partial charge in [0.15, 0.2) is 0 Å². The molecule has 0 unspecified atom stereocenters. The number of hydrogen-bond acceptors (Lipinski definition) is 4. The zero-order valence-corrected chi connectivity index (χ0v) is 15.2. The lowest BCUT2D eigenvalue weighted by atomic mass is 9.79. The average Bonchev–Trinajstić information content (AvgIpc) is 2.97. The molecule has 1 saturated carbocycles. The van der Waals surface area contributed by atoms with E-state index in [9.17, 15) is 4.79 Å². The van der Waals surface area contributed by atoms with Gasteiger partial charge in [-0.1, -0.05) is 6.42 Å². The predicted octanol–water partition coefficient (Wildman–Crippen LogP) is 4.21. The Kier molecular flexibility index (Phi) is 4.74. The van der Waals surface area contributed by atoms with Crippen molar-refractivity contribution in [1.29, 1.82) is 0 Å². The predicted molar refractivity (Wildman–Crippen MR) is 100 cm³/mol. The monoisotopic (exact) mass is 363 g/mol. The summed E-state index contributed by atoms with van der Waals surface area (Å²) in [6.07, 6.45) is 6.61. The highest BCUT2D eigenvalue weighted by Crippen LogP contribution is 2.43. The molecule has 2 aromatic rings. The number of benzene rings is 1. The maximum absolute atomic E-state index is 11.4. The first kappa shape index (κ1) is 16.3. The van der Waals surface area contributed by atoms with Gasteiger partial charge in [-0.25, -0.2) is 4.98 Å². The van der Waals surface area contributed by atoms with Crippen molar-refractivity contribution in [3.63, 3.8) is 0 Å². The van der Waals surface area contributed by atoms with Crippen molar-refractivity contribution in [1.82, 2.24) is 9.88 Å². The van der Waals surface area contributed by atoms with Gasteiger partial charge in [-0.3, -0.25) is 4.79 Å². The van der Waals surface area contributed by atoms with Gasteiger partial charge in [0.05, 0.1) is 15.2 Å². The SMILES string of the molecule is O=C(CCl)Nc1ccc2nc([C@H]3C[C@@H](N4CCCCC4)C3)sc2c1. The molecular formula is C18H22ClN3OS. The molecule has 2 fully saturated rings. The van der Waals surface area contributed by atoms with E-state index >= 15 is 0 Å². The Balaban J connectivity index is 1.43. The molecule has 1 amide bonds. The third-order valence-corrected chi connectivity index (χ3v) is 6.60. The molecule has 2 aliphatic rings. The fourth-order valence-electron chi connectivity index (χ4n) is 3.76. The number of anilines is 1. The van der Waals surface area contributed by atoms with Gasteiger partial charge in [-0.2, -0.15) is 0 Å². The number of piperidine rings is 1. The summed E-state index contributed by atoms with van der Waals surface area (Å²) in [4.78, 5) is 18.9. The van der Waals surface area contributed by atoms with Crippen LogP contribution in [0.3, 0.4) is 0 Å². The number of rotatable bonds is 4. The van der Waals surface area contributed by atoms with Gasteiger partial charge in [-0.05, 0) is 57.0 Å². The van der Waals surface area contributed by atoms with Gasteiger partial charge in [0.25, 0.3) is 0 Å². The average molecular weight is 364 g/mol. The minimum atomic E-state index is -0.177. The smallest absolute Gasteiger partial charge is 0.239 e. The van der Waals surface area contributed by atoms with E-state index in [4.69, 9.17) is 16.6 Å². The van der Waals surface area contributed by atoms with Crippen LogP contribution < -0.4 is 5.32 Å². The summed E-state index contributed by atoms with van der Waals surface area (Å²) in [5.74, 6) is 0.408. The largest absolute Gasteiger partial charge is 0.325 e. The van der Waals surface area contributed by atoms with Crippen LogP contribution in [0.5, 0.6) is 0 Å². The summed E-state index contributed by atoms with van der Waals surface area (Å²) < 4.78 is 1.14. The number of nitrogens with zero attached hydrogens (tertiary/aromatic N) is 2. The van der Waals surface area contributed by atoms with Crippen LogP contribution in [0, 0.1) is 0 Å². The second-order valence-electron chi connectivity index (χ2n) is 6.84. The molecule has 1 N–H and O–H groups in total. The highest BCUT2D eigenvalue weighted by atomic mass is 35.5. The molecule has 128 valence electrons. The third kappa shape index (κ3) is 3.30. The normalized spacial score (nSPS) is 24.7. The number of amides is 1. The van der Waals surface area contributed by atoms with Crippen molar-refractivity contribution in [3.8, 4) is 0 Å². The van der Waals surface area contributed by atoms with E-state index in [1.807, 2.05) is 18.2 Å². The van der Waals surface area contributed by atoms with E-state index in [1.165, 1.54) is 50.2 Å². The summed E-state index contributed by atoms with van der Waals surface area (Å²) in [5, 5.41) is 4.05. The fraction of sp³-hybridized carbons (Fsp3) is 0.556. The van der Waals surface area contributed by atoms with Crippen molar-refractivity contribution < 1.29 is 4.79 Å². The molecule has 6 heteroatoms. The number of likely N-dealkylation sites (tertiary alicyclic amines) is 1. The second kappa shape index (κ2) is 6.98. The molecule has 0 bridgehead atoms. The Morgan fingerprint density at radius 1 is 1.29 bits per heavy atom. The van der Waals surface area contributed by atoms with E-state index in [0.29, 0.717) is 5.92 Å². The van der Waals surface area contributed by atoms with Crippen LogP contribution in [-0.2, 0) is 4.79 Å². The number of halogens is 1. The number of thiazole rings is 1. The summed E-state index contributed by atoms with van der Waals surface area (Å²) >= 11 is 7.31. The van der Waals surface area contributed by atoms with Crippen LogP contribution in [0.25, 0.3) is 10.2 Å². The first-order valence-corrected chi connectivity index (χ1v) is 10.1. The molecule has 1 saturated heterocycles. The van der Waals surface area contributed by atoms with Crippen LogP contribution in [-0.4, -0.2) is 40.8 Å². The molecule has 0 spiro atoms. The van der Waals surface area contributed by atoms with Gasteiger partial charge >= 0.3 is 0 Å². The Hall–Kier alpha value is -1.17. The Labute approximate surface area is 151 Å². The van der Waals surface area contributed by atoms with E-state index in [0.717, 1.165) is 21.9 Å². The van der Waals surface area contributed by atoms with Gasteiger partial charge in [0, 0.05) is 17.6 Å². The molecule has 0 radical (unpaired) electrons. The van der Waals surface area contributed by atoms with Crippen molar-refractivity contribution in [2.45, 2.75) is 44.1 Å². The molecular weight excluding hydrogens is 342 g/mol. The minimum absolute atomic E-state index is 0.0219. The summed E-state index contributed by atoms with van der Waals surface area (Å²) in [6, 6.07) is 6.65. The molecule has 2 heterocycles. The lowest BCUT2D eigenvalue weighted by molar-refractivity contribution is -0.113. The molecule has 1 aliphatic heterocycles. The van der Waals surface area contributed by atoms with E-state index in [-0.39, 0.29) is 11.8 Å². The topological polar surface area (TPSA) is 45.2 Å². The molecule has 24 heavy (non-hydrogen) atoms. The molecule has 1 aliphatic carbocycles. The third-order valence-electron chi connectivity index (χ3n) is 5.18. The maximum Gasteiger partial charge on any atom is 0.239 e. The van der Waals surface area contributed by atoms with Crippen molar-refractivity contribution in [2.24, 2.45) is 0 Å². The minimum Gasteiger partial charge on any atom is -0.325 e. The fourth-order valence-corrected chi connectivity index (χ4v) is 4.96. The lowest BCUT2D eigenvalue weighted by Crippen LogP contribution is -2.46. The van der Waals surface area contributed by atoms with Crippen LogP contribution in [0.2, 0.25) is 0 Å². The number of nitrogens with one attached hydrogen (secondary N) is 1. The highest BCUT2D eigenvalue weighted by molar-refractivity contribution is 7.18. The van der Waals surface area contributed by atoms with Crippen LogP contribution in [0.15, 0.2) is 18.2 Å². The van der Waals surface area contributed by atoms with Crippen molar-refractivity contribution >= 4 is 44.7 Å². The lowest BCUT2D eigenvalue weighted by Gasteiger charge is -2.43. The highest BCUT2D eigenvalue weighted by Gasteiger charge is 2.36. The molecule has 4 nitrogen and oxygen atoms in total. The maximum atomic E-state index is 11.4. The second-order valence-corrected chi connectivity index (χ2v) is 8.16. The summed E-state index contributed by atoms with van der Waals surface area (Å²) in [5.41, 5.74) is 1.82. The Morgan fingerprint density at radius 3 is 2.83 bits per heavy atom. The number of carbonyl (C=O) groups is 1. The van der Waals surface area contributed by atoms with E-state index in [1.54, 1.807) is 11.3 Å². The summed E-state index contributed by atoms with van der Waals surface area (Å²) in [6.45, 7) is 2.56. The van der Waals surface area contributed by atoms with Gasteiger partial charge in [-0.15, -0.1) is 22.9 Å². The first-order chi connectivity index (χ1) is 11.7. The molecule has 1 aromatic carbocycles. The zero-order valence-electron chi connectivity index (χ0n) is 13.6. The van der Waals surface area contributed by atoms with Crippen molar-refractivity contribution in [2.75, 3.05) is 24.3 Å². The quantitative estimate of drug-likeness (QED) is 0.828. The van der Waals surface area contributed by atoms with Crippen LogP contribution in [0.4, 0.5) is 5.69 Å². The number of carbonyl (C=O) groups excluding carboxylic acids is 1. The summed E-state index contributed by atoms with van der Waals surface area (Å²) in [7, 11) is 0. The van der Waals surface area contributed by atoms with Crippen LogP contribution >= 0.6 is 22.9 Å². The number of hydrogen-bond donors (Lipinski definition) is 1. The number of alkyl halides is 1. The van der Waals surface area contributed by atoms with Gasteiger partial charge in [0.1, 0.15) is 5.88 Å². The van der Waals surface area contributed by atoms with Crippen LogP contribution in [0.1, 0.15) is 43.0 Å². The zero-order chi connectivity index (χ0) is 16.5. The molecule has 0 atom stereocenters. The molecule has 1 aromatic heterocycles. The molecule has 4 rings (SSSR count). The first-order valence-electron chi connectivity index (χ1n) is 8.73. The standard InChI is InChI=1S/C18H22ClN3OS/c19-11-17(23)20-13-4-5-15-16(10-13)24-18(21-15)12-8-14(9-12)22-6-2-1-3-7-22/h4-5,10,12,14H,1-3,6-9,11H2,(H,20,23)/t12-,14+. The Bertz CT molecular complexity index is 735. The Morgan fingerprint density at radius 2 is 2.08 bits per heavy atom. The van der Waals surface area contributed by atoms with Gasteiger partial charge in [0.2, 0.25) is 5.91 Å². The van der Waals surface area contributed by atoms with Crippen molar-refractivity contribution in [3.05, 3.63) is 23.2 Å².